The van der Waals surface area contributed by atoms with Crippen molar-refractivity contribution in [1.82, 2.24) is 25.2 Å². The van der Waals surface area contributed by atoms with Crippen molar-refractivity contribution in [1.29, 1.82) is 0 Å². The third-order valence-corrected chi connectivity index (χ3v) is 3.54. The molecule has 1 atom stereocenters. The van der Waals surface area contributed by atoms with Gasteiger partial charge in [-0.15, -0.1) is 0 Å². The number of hydrogen-bond donors (Lipinski definition) is 1. The molecule has 0 spiro atoms. The summed E-state index contributed by atoms with van der Waals surface area (Å²) >= 11 is 0. The highest BCUT2D eigenvalue weighted by Gasteiger charge is 2.29. The smallest absolute Gasteiger partial charge is 0.274 e. The van der Waals surface area contributed by atoms with Gasteiger partial charge in [-0.2, -0.15) is 10.1 Å². The number of hydrogen-bond acceptors (Lipinski definition) is 5. The Hall–Kier alpha value is -2.18. The fourth-order valence-corrected chi connectivity index (χ4v) is 2.54. The second kappa shape index (κ2) is 5.07. The summed E-state index contributed by atoms with van der Waals surface area (Å²) in [6.07, 6.45) is 1.91. The van der Waals surface area contributed by atoms with Gasteiger partial charge < -0.3 is 9.42 Å². The zero-order chi connectivity index (χ0) is 14.1. The van der Waals surface area contributed by atoms with E-state index in [-0.39, 0.29) is 11.8 Å². The van der Waals surface area contributed by atoms with Gasteiger partial charge in [-0.1, -0.05) is 5.16 Å². The quantitative estimate of drug-likeness (QED) is 0.895. The molecule has 1 N–H and O–H groups in total. The van der Waals surface area contributed by atoms with Crippen LogP contribution in [0, 0.1) is 13.8 Å². The first-order valence-electron chi connectivity index (χ1n) is 6.75. The van der Waals surface area contributed by atoms with Crippen molar-refractivity contribution in [2.45, 2.75) is 32.6 Å². The Balaban J connectivity index is 1.73. The molecule has 3 rings (SSSR count). The number of carbonyl (C=O) groups is 1. The van der Waals surface area contributed by atoms with Gasteiger partial charge in [0, 0.05) is 31.6 Å². The minimum absolute atomic E-state index is 0.0423. The number of amides is 1. The van der Waals surface area contributed by atoms with Gasteiger partial charge in [0.05, 0.1) is 0 Å². The van der Waals surface area contributed by atoms with Gasteiger partial charge in [0.2, 0.25) is 5.89 Å². The molecule has 1 aliphatic heterocycles. The lowest BCUT2D eigenvalue weighted by Gasteiger charge is -2.30. The van der Waals surface area contributed by atoms with Crippen LogP contribution in [0.5, 0.6) is 0 Å². The molecule has 0 bridgehead atoms. The first kappa shape index (κ1) is 12.8. The third-order valence-electron chi connectivity index (χ3n) is 3.54. The number of aromatic nitrogens is 4. The maximum atomic E-state index is 12.4. The number of aryl methyl sites for hydroxylation is 2. The van der Waals surface area contributed by atoms with E-state index in [0.29, 0.717) is 24.0 Å². The van der Waals surface area contributed by atoms with Crippen LogP contribution in [0.3, 0.4) is 0 Å². The summed E-state index contributed by atoms with van der Waals surface area (Å²) in [5.74, 6) is 1.36. The summed E-state index contributed by atoms with van der Waals surface area (Å²) in [6.45, 7) is 5.02. The van der Waals surface area contributed by atoms with E-state index in [1.165, 1.54) is 0 Å². The number of nitrogens with zero attached hydrogens (tertiary/aromatic N) is 4. The molecule has 20 heavy (non-hydrogen) atoms. The van der Waals surface area contributed by atoms with Gasteiger partial charge in [-0.05, 0) is 25.8 Å². The van der Waals surface area contributed by atoms with Gasteiger partial charge >= 0.3 is 0 Å². The van der Waals surface area contributed by atoms with Crippen molar-refractivity contribution >= 4 is 5.91 Å². The molecule has 3 heterocycles. The lowest BCUT2D eigenvalue weighted by Crippen LogP contribution is -2.39. The van der Waals surface area contributed by atoms with Gasteiger partial charge in [0.1, 0.15) is 5.69 Å². The van der Waals surface area contributed by atoms with Crippen LogP contribution >= 0.6 is 0 Å². The minimum Gasteiger partial charge on any atom is -0.340 e. The van der Waals surface area contributed by atoms with Crippen LogP contribution in [0.25, 0.3) is 0 Å². The van der Waals surface area contributed by atoms with Crippen LogP contribution in [-0.2, 0) is 0 Å². The number of H-pyrrole nitrogens is 1. The highest BCUT2D eigenvalue weighted by atomic mass is 16.5. The number of carbonyl (C=O) groups excluding carboxylic acids is 1. The molecule has 2 aromatic heterocycles. The van der Waals surface area contributed by atoms with E-state index in [1.807, 2.05) is 11.8 Å². The number of nitrogens with one attached hydrogen (secondary N) is 1. The molecule has 0 aromatic carbocycles. The maximum absolute atomic E-state index is 12.4. The Kier molecular flexibility index (Phi) is 3.25. The standard InChI is InChI=1S/C13H17N5O2/c1-8-6-11(16-15-8)13(19)18-5-3-4-10(7-18)12-14-9(2)20-17-12/h6,10H,3-5,7H2,1-2H3,(H,15,16)/t10-/m1/s1. The van der Waals surface area contributed by atoms with Crippen molar-refractivity contribution in [2.75, 3.05) is 13.1 Å². The predicted octanol–water partition coefficient (Wildman–Crippen LogP) is 1.43. The SMILES string of the molecule is Cc1cc(C(=O)N2CCC[C@@H](c3noc(C)n3)C2)n[nH]1. The first-order chi connectivity index (χ1) is 9.63. The topological polar surface area (TPSA) is 87.9 Å². The molecule has 1 fully saturated rings. The van der Waals surface area contributed by atoms with Gasteiger partial charge in [-0.25, -0.2) is 0 Å². The second-order valence-corrected chi connectivity index (χ2v) is 5.20. The van der Waals surface area contributed by atoms with Gasteiger partial charge in [0.15, 0.2) is 5.82 Å². The molecule has 1 aliphatic rings. The average molecular weight is 275 g/mol. The van der Waals surface area contributed by atoms with Gasteiger partial charge in [-0.3, -0.25) is 9.89 Å². The number of piperidine rings is 1. The molecule has 0 unspecified atom stereocenters. The molecule has 2 aromatic rings. The van der Waals surface area contributed by atoms with E-state index in [1.54, 1.807) is 13.0 Å². The van der Waals surface area contributed by atoms with E-state index < -0.39 is 0 Å². The van der Waals surface area contributed by atoms with E-state index in [9.17, 15) is 4.79 Å². The summed E-state index contributed by atoms with van der Waals surface area (Å²) in [5, 5.41) is 10.8. The number of rotatable bonds is 2. The summed E-state index contributed by atoms with van der Waals surface area (Å²) < 4.78 is 5.02. The third kappa shape index (κ3) is 2.43. The molecular formula is C13H17N5O2. The van der Waals surface area contributed by atoms with E-state index >= 15 is 0 Å². The predicted molar refractivity (Wildman–Crippen MR) is 70.2 cm³/mol. The van der Waals surface area contributed by atoms with E-state index in [4.69, 9.17) is 4.52 Å². The molecule has 7 nitrogen and oxygen atoms in total. The summed E-state index contributed by atoms with van der Waals surface area (Å²) in [5.41, 5.74) is 1.35. The summed E-state index contributed by atoms with van der Waals surface area (Å²) in [4.78, 5) is 18.5. The minimum atomic E-state index is -0.0423. The Labute approximate surface area is 116 Å². The Morgan fingerprint density at radius 3 is 3.00 bits per heavy atom. The lowest BCUT2D eigenvalue weighted by atomic mass is 9.97. The molecule has 106 valence electrons. The van der Waals surface area contributed by atoms with Crippen molar-refractivity contribution in [3.63, 3.8) is 0 Å². The normalized spacial score (nSPS) is 19.3. The zero-order valence-electron chi connectivity index (χ0n) is 11.6. The fourth-order valence-electron chi connectivity index (χ4n) is 2.54. The van der Waals surface area contributed by atoms with Crippen LogP contribution < -0.4 is 0 Å². The van der Waals surface area contributed by atoms with Crippen molar-refractivity contribution in [2.24, 2.45) is 0 Å². The Bertz CT molecular complexity index is 618. The Morgan fingerprint density at radius 2 is 2.35 bits per heavy atom. The highest BCUT2D eigenvalue weighted by Crippen LogP contribution is 2.25. The van der Waals surface area contributed by atoms with E-state index in [0.717, 1.165) is 25.1 Å². The van der Waals surface area contributed by atoms with Crippen molar-refractivity contribution in [3.8, 4) is 0 Å². The average Bonchev–Trinajstić information content (AvgIpc) is 3.07. The van der Waals surface area contributed by atoms with Crippen molar-refractivity contribution in [3.05, 3.63) is 29.2 Å². The van der Waals surface area contributed by atoms with Crippen LogP contribution in [0.4, 0.5) is 0 Å². The van der Waals surface area contributed by atoms with Gasteiger partial charge in [0.25, 0.3) is 5.91 Å². The fraction of sp³-hybridized carbons (Fsp3) is 0.538. The van der Waals surface area contributed by atoms with Crippen LogP contribution in [-0.4, -0.2) is 44.2 Å². The highest BCUT2D eigenvalue weighted by molar-refractivity contribution is 5.92. The number of aromatic amines is 1. The summed E-state index contributed by atoms with van der Waals surface area (Å²) in [7, 11) is 0. The molecule has 0 saturated carbocycles. The molecule has 1 amide bonds. The second-order valence-electron chi connectivity index (χ2n) is 5.20. The first-order valence-corrected chi connectivity index (χ1v) is 6.75. The van der Waals surface area contributed by atoms with Crippen LogP contribution in [0.2, 0.25) is 0 Å². The van der Waals surface area contributed by atoms with E-state index in [2.05, 4.69) is 20.3 Å². The molecular weight excluding hydrogens is 258 g/mol. The molecule has 7 heteroatoms. The molecule has 0 aliphatic carbocycles. The monoisotopic (exact) mass is 275 g/mol. The maximum Gasteiger partial charge on any atom is 0.274 e. The Morgan fingerprint density at radius 1 is 1.50 bits per heavy atom. The molecule has 0 radical (unpaired) electrons. The van der Waals surface area contributed by atoms with Crippen molar-refractivity contribution < 1.29 is 9.32 Å². The van der Waals surface area contributed by atoms with Crippen LogP contribution in [0.1, 0.15) is 46.7 Å². The number of likely N-dealkylation sites (tertiary alicyclic amines) is 1. The molecule has 1 saturated heterocycles. The van der Waals surface area contributed by atoms with Crippen LogP contribution in [0.15, 0.2) is 10.6 Å². The zero-order valence-corrected chi connectivity index (χ0v) is 11.6. The largest absolute Gasteiger partial charge is 0.340 e. The summed E-state index contributed by atoms with van der Waals surface area (Å²) in [6, 6.07) is 1.77. The lowest BCUT2D eigenvalue weighted by molar-refractivity contribution is 0.0697.